The second-order valence-electron chi connectivity index (χ2n) is 13.8. The molecule has 3 aliphatic carbocycles. The number of carbonyl (C=O) groups excluding carboxylic acids is 4. The molecule has 260 valence electrons. The highest BCUT2D eigenvalue weighted by atomic mass is 32.2. The number of carbonyl (C=O) groups is 4. The molecule has 7 rings (SSSR count). The summed E-state index contributed by atoms with van der Waals surface area (Å²) < 4.78 is 39.3. The molecule has 2 aromatic rings. The molecule has 4 amide bonds. The van der Waals surface area contributed by atoms with E-state index in [1.54, 1.807) is 6.20 Å². The molecule has 49 heavy (non-hydrogen) atoms. The predicted octanol–water partition coefficient (Wildman–Crippen LogP) is 2.95. The van der Waals surface area contributed by atoms with E-state index in [2.05, 4.69) is 26.9 Å². The maximum Gasteiger partial charge on any atom is 0.407 e. The topological polar surface area (TPSA) is 173 Å². The van der Waals surface area contributed by atoms with Crippen LogP contribution in [0.1, 0.15) is 63.4 Å². The van der Waals surface area contributed by atoms with Crippen LogP contribution in [-0.2, 0) is 29.1 Å². The Labute approximate surface area is 284 Å². The molecule has 3 N–H and O–H groups in total. The van der Waals surface area contributed by atoms with Crippen LogP contribution in [0.25, 0.3) is 16.8 Å². The summed E-state index contributed by atoms with van der Waals surface area (Å²) >= 11 is 0. The summed E-state index contributed by atoms with van der Waals surface area (Å²) in [5, 5.41) is 6.65. The number of nitrogens with zero attached hydrogens (tertiary/aromatic N) is 2. The Morgan fingerprint density at radius 3 is 2.65 bits per heavy atom. The van der Waals surface area contributed by atoms with Gasteiger partial charge in [-0.2, -0.15) is 0 Å². The van der Waals surface area contributed by atoms with E-state index in [9.17, 15) is 27.6 Å². The Morgan fingerprint density at radius 2 is 1.94 bits per heavy atom. The third kappa shape index (κ3) is 6.75. The molecule has 4 bridgehead atoms. The van der Waals surface area contributed by atoms with Gasteiger partial charge in [0.1, 0.15) is 23.7 Å². The van der Waals surface area contributed by atoms with Gasteiger partial charge in [0, 0.05) is 23.9 Å². The van der Waals surface area contributed by atoms with Crippen molar-refractivity contribution in [3.8, 4) is 5.88 Å². The van der Waals surface area contributed by atoms with Crippen molar-refractivity contribution in [2.24, 2.45) is 11.8 Å². The molecular formula is C35H41N5O8S. The molecule has 13 nitrogen and oxygen atoms in total. The zero-order valence-corrected chi connectivity index (χ0v) is 28.0. The number of alkyl carbamates (subject to hydrolysis) is 1. The first-order valence-corrected chi connectivity index (χ1v) is 18.6. The van der Waals surface area contributed by atoms with Crippen molar-refractivity contribution in [1.82, 2.24) is 25.2 Å². The monoisotopic (exact) mass is 691 g/mol. The van der Waals surface area contributed by atoms with E-state index < -0.39 is 68.7 Å². The van der Waals surface area contributed by atoms with E-state index in [1.165, 1.54) is 11.0 Å². The van der Waals surface area contributed by atoms with Gasteiger partial charge in [0.15, 0.2) is 0 Å². The van der Waals surface area contributed by atoms with Crippen LogP contribution in [0.15, 0.2) is 49.2 Å². The molecule has 5 atom stereocenters. The zero-order valence-electron chi connectivity index (χ0n) is 27.1. The Bertz CT molecular complexity index is 1820. The van der Waals surface area contributed by atoms with Gasteiger partial charge in [-0.1, -0.05) is 36.8 Å². The van der Waals surface area contributed by atoms with Crippen molar-refractivity contribution in [2.45, 2.75) is 86.8 Å². The summed E-state index contributed by atoms with van der Waals surface area (Å²) in [4.78, 5) is 60.7. The molecule has 5 aliphatic rings. The van der Waals surface area contributed by atoms with Crippen LogP contribution >= 0.6 is 0 Å². The van der Waals surface area contributed by atoms with Crippen LogP contribution in [-0.4, -0.2) is 84.2 Å². The Morgan fingerprint density at radius 1 is 1.12 bits per heavy atom. The van der Waals surface area contributed by atoms with Crippen molar-refractivity contribution in [1.29, 1.82) is 0 Å². The number of hydrogen-bond acceptors (Lipinski definition) is 9. The fourth-order valence-corrected chi connectivity index (χ4v) is 8.36. The van der Waals surface area contributed by atoms with Crippen LogP contribution in [0.4, 0.5) is 4.79 Å². The first kappa shape index (κ1) is 33.1. The summed E-state index contributed by atoms with van der Waals surface area (Å²) in [6.07, 6.45) is 10.6. The van der Waals surface area contributed by atoms with Gasteiger partial charge in [0.25, 0.3) is 5.91 Å². The zero-order chi connectivity index (χ0) is 34.3. The van der Waals surface area contributed by atoms with E-state index in [0.717, 1.165) is 35.6 Å². The first-order chi connectivity index (χ1) is 23.6. The molecule has 4 fully saturated rings. The van der Waals surface area contributed by atoms with E-state index in [4.69, 9.17) is 9.47 Å². The van der Waals surface area contributed by atoms with E-state index >= 15 is 0 Å². The highest BCUT2D eigenvalue weighted by Crippen LogP contribution is 2.45. The van der Waals surface area contributed by atoms with Crippen molar-refractivity contribution in [3.63, 3.8) is 0 Å². The fraction of sp³-hybridized carbons (Fsp3) is 0.514. The lowest BCUT2D eigenvalue weighted by Crippen LogP contribution is -2.59. The second-order valence-corrected chi connectivity index (χ2v) is 15.7. The smallest absolute Gasteiger partial charge is 0.407 e. The summed E-state index contributed by atoms with van der Waals surface area (Å²) in [5.41, 5.74) is -0.584. The fourth-order valence-electron chi connectivity index (χ4n) is 7.00. The van der Waals surface area contributed by atoms with Gasteiger partial charge in [-0.15, -0.1) is 6.58 Å². The average Bonchev–Trinajstić information content (AvgIpc) is 3.98. The number of aromatic nitrogens is 1. The van der Waals surface area contributed by atoms with Gasteiger partial charge in [0.2, 0.25) is 27.7 Å². The van der Waals surface area contributed by atoms with Gasteiger partial charge in [-0.3, -0.25) is 19.1 Å². The second kappa shape index (κ2) is 13.1. The minimum absolute atomic E-state index is 0.0225. The minimum Gasteiger partial charge on any atom is -0.472 e. The van der Waals surface area contributed by atoms with Gasteiger partial charge < -0.3 is 25.0 Å². The number of rotatable bonds is 7. The number of benzene rings is 1. The minimum atomic E-state index is -3.87. The van der Waals surface area contributed by atoms with E-state index in [0.29, 0.717) is 31.6 Å². The number of cyclic esters (lactones) is 1. The van der Waals surface area contributed by atoms with Crippen LogP contribution < -0.4 is 20.1 Å². The number of amides is 4. The largest absolute Gasteiger partial charge is 0.472 e. The Balaban J connectivity index is 1.20. The highest BCUT2D eigenvalue weighted by molar-refractivity contribution is 7.91. The standard InChI is InChI=1S/C35H41N5O8S/c1-2-24-19-35(24,33(43)39-49(45,46)26-12-13-26)38-30(41)28-18-25-20-40(28)32(42)29(23-8-6-9-23)37-34(44)47-16-5-3-4-7-21-10-11-22-14-15-36-31(48-25)27(22)17-21/h2,4,7,10-11,14-15,17,23-26,28-29H,1,3,5-6,8-9,12-13,16,18-20H2,(H,37,44)(H,38,41)(H,39,43)/t24-,25+,28+,29-,35-/m1/s1. The summed E-state index contributed by atoms with van der Waals surface area (Å²) in [6, 6.07) is 5.80. The quantitative estimate of drug-likeness (QED) is 0.369. The summed E-state index contributed by atoms with van der Waals surface area (Å²) in [7, 11) is -3.87. The number of pyridine rings is 1. The summed E-state index contributed by atoms with van der Waals surface area (Å²) in [6.45, 7) is 3.96. The third-order valence-corrected chi connectivity index (χ3v) is 12.2. The average molecular weight is 692 g/mol. The van der Waals surface area contributed by atoms with Crippen molar-refractivity contribution in [3.05, 3.63) is 54.8 Å². The first-order valence-electron chi connectivity index (χ1n) is 17.0. The molecule has 3 heterocycles. The van der Waals surface area contributed by atoms with Crippen LogP contribution in [0, 0.1) is 11.8 Å². The molecule has 0 spiro atoms. The van der Waals surface area contributed by atoms with Gasteiger partial charge >= 0.3 is 6.09 Å². The molecule has 3 saturated carbocycles. The molecule has 1 aromatic carbocycles. The molecule has 14 heteroatoms. The van der Waals surface area contributed by atoms with E-state index in [-0.39, 0.29) is 31.9 Å². The Kier molecular flexibility index (Phi) is 8.84. The SMILES string of the molecule is C=C[C@@H]1C[C@]1(NC(=O)[C@@H]1C[C@H]2CN1C(=O)[C@@H](C1CCC1)NC(=O)OCCCC=Cc1ccc3ccnc(c3c1)O2)C(=O)NS(=O)(=O)C1CC1. The Hall–Kier alpha value is -4.46. The number of allylic oxidation sites excluding steroid dienone is 1. The molecule has 2 aliphatic heterocycles. The predicted molar refractivity (Wildman–Crippen MR) is 179 cm³/mol. The van der Waals surface area contributed by atoms with E-state index in [1.807, 2.05) is 36.4 Å². The van der Waals surface area contributed by atoms with Crippen molar-refractivity contribution < 1.29 is 37.1 Å². The van der Waals surface area contributed by atoms with Gasteiger partial charge in [-0.25, -0.2) is 18.2 Å². The third-order valence-electron chi connectivity index (χ3n) is 10.3. The highest BCUT2D eigenvalue weighted by Gasteiger charge is 2.62. The molecule has 0 radical (unpaired) electrons. The maximum absolute atomic E-state index is 14.3. The van der Waals surface area contributed by atoms with Gasteiger partial charge in [0.05, 0.1) is 18.4 Å². The lowest BCUT2D eigenvalue weighted by atomic mass is 9.79. The number of sulfonamides is 1. The van der Waals surface area contributed by atoms with Crippen LogP contribution in [0.2, 0.25) is 0 Å². The van der Waals surface area contributed by atoms with Gasteiger partial charge in [-0.05, 0) is 73.9 Å². The molecule has 0 unspecified atom stereocenters. The van der Waals surface area contributed by atoms with Crippen LogP contribution in [0.5, 0.6) is 5.88 Å². The maximum atomic E-state index is 14.3. The lowest BCUT2D eigenvalue weighted by molar-refractivity contribution is -0.142. The molecule has 1 aromatic heterocycles. The number of nitrogens with one attached hydrogen (secondary N) is 3. The van der Waals surface area contributed by atoms with Crippen molar-refractivity contribution in [2.75, 3.05) is 13.2 Å². The number of ether oxygens (including phenoxy) is 2. The molecule has 1 saturated heterocycles. The lowest BCUT2D eigenvalue weighted by Gasteiger charge is -2.36. The summed E-state index contributed by atoms with van der Waals surface area (Å²) in [5.74, 6) is -2.15. The van der Waals surface area contributed by atoms with Crippen LogP contribution in [0.3, 0.4) is 0 Å². The molecular weight excluding hydrogens is 650 g/mol. The number of hydrogen-bond donors (Lipinski definition) is 3. The van der Waals surface area contributed by atoms with Crippen molar-refractivity contribution >= 4 is 50.7 Å². The normalized spacial score (nSPS) is 29.1. The number of fused-ring (bicyclic) bond motifs is 3.